The van der Waals surface area contributed by atoms with Gasteiger partial charge in [0.2, 0.25) is 11.9 Å². The highest BCUT2D eigenvalue weighted by Crippen LogP contribution is 2.22. The minimum atomic E-state index is -0.365. The summed E-state index contributed by atoms with van der Waals surface area (Å²) >= 11 is 3.34. The molecule has 0 bridgehead atoms. The van der Waals surface area contributed by atoms with Gasteiger partial charge in [-0.25, -0.2) is 9.97 Å². The fraction of sp³-hybridized carbons (Fsp3) is 0.643. The van der Waals surface area contributed by atoms with E-state index in [1.54, 1.807) is 12.4 Å². The van der Waals surface area contributed by atoms with Crippen LogP contribution in [0.4, 0.5) is 5.95 Å². The number of anilines is 1. The summed E-state index contributed by atoms with van der Waals surface area (Å²) in [6.07, 6.45) is 5.52. The number of rotatable bonds is 2. The van der Waals surface area contributed by atoms with Crippen molar-refractivity contribution in [3.63, 3.8) is 0 Å². The summed E-state index contributed by atoms with van der Waals surface area (Å²) in [5.41, 5.74) is -0.365. The molecular weight excluding hydrogens is 334 g/mol. The van der Waals surface area contributed by atoms with E-state index >= 15 is 0 Å². The van der Waals surface area contributed by atoms with Gasteiger partial charge in [-0.2, -0.15) is 0 Å². The Morgan fingerprint density at radius 1 is 1.29 bits per heavy atom. The van der Waals surface area contributed by atoms with Crippen LogP contribution in [0.2, 0.25) is 0 Å². The van der Waals surface area contributed by atoms with E-state index in [-0.39, 0.29) is 11.4 Å². The van der Waals surface area contributed by atoms with Crippen molar-refractivity contribution in [2.24, 2.45) is 0 Å². The Balaban J connectivity index is 1.60. The van der Waals surface area contributed by atoms with Crippen LogP contribution in [0.25, 0.3) is 0 Å². The van der Waals surface area contributed by atoms with Crippen molar-refractivity contribution >= 4 is 27.8 Å². The average molecular weight is 354 g/mol. The number of carbonyl (C=O) groups excluding carboxylic acids is 1. The first-order chi connectivity index (χ1) is 10.1. The number of aromatic nitrogens is 2. The average Bonchev–Trinajstić information content (AvgIpc) is 2.96. The molecule has 1 aromatic rings. The summed E-state index contributed by atoms with van der Waals surface area (Å²) < 4.78 is 0.875. The zero-order valence-electron chi connectivity index (χ0n) is 12.2. The lowest BCUT2D eigenvalue weighted by Crippen LogP contribution is -2.58. The summed E-state index contributed by atoms with van der Waals surface area (Å²) in [6.45, 7) is 5.99. The summed E-state index contributed by atoms with van der Waals surface area (Å²) in [4.78, 5) is 25.3. The van der Waals surface area contributed by atoms with Gasteiger partial charge in [0.1, 0.15) is 0 Å². The fourth-order valence-corrected chi connectivity index (χ4v) is 3.21. The molecule has 1 N–H and O–H groups in total. The van der Waals surface area contributed by atoms with E-state index in [4.69, 9.17) is 0 Å². The molecule has 1 unspecified atom stereocenters. The minimum absolute atomic E-state index is 0.233. The highest BCUT2D eigenvalue weighted by molar-refractivity contribution is 9.10. The molecule has 3 heterocycles. The van der Waals surface area contributed by atoms with Crippen molar-refractivity contribution in [2.45, 2.75) is 25.3 Å². The van der Waals surface area contributed by atoms with Crippen LogP contribution >= 0.6 is 15.9 Å². The summed E-state index contributed by atoms with van der Waals surface area (Å²) in [6, 6.07) is 0. The molecular formula is C14H20BrN5O. The normalized spacial score (nSPS) is 26.2. The number of nitrogens with zero attached hydrogens (tertiary/aromatic N) is 4. The van der Waals surface area contributed by atoms with E-state index in [1.165, 1.54) is 0 Å². The predicted molar refractivity (Wildman–Crippen MR) is 84.2 cm³/mol. The maximum absolute atomic E-state index is 12.6. The topological polar surface area (TPSA) is 61.4 Å². The minimum Gasteiger partial charge on any atom is -0.338 e. The lowest BCUT2D eigenvalue weighted by Gasteiger charge is -2.38. The molecule has 0 aliphatic carbocycles. The van der Waals surface area contributed by atoms with E-state index < -0.39 is 0 Å². The van der Waals surface area contributed by atoms with Crippen LogP contribution in [0, 0.1) is 0 Å². The van der Waals surface area contributed by atoms with Crippen molar-refractivity contribution in [1.82, 2.24) is 20.2 Å². The van der Waals surface area contributed by atoms with E-state index in [9.17, 15) is 4.79 Å². The third-order valence-corrected chi connectivity index (χ3v) is 4.71. The highest BCUT2D eigenvalue weighted by Gasteiger charge is 2.39. The van der Waals surface area contributed by atoms with Gasteiger partial charge in [0.05, 0.1) is 10.0 Å². The maximum atomic E-state index is 12.6. The van der Waals surface area contributed by atoms with Crippen LogP contribution < -0.4 is 10.2 Å². The molecule has 1 atom stereocenters. The molecule has 0 radical (unpaired) electrons. The van der Waals surface area contributed by atoms with Crippen molar-refractivity contribution in [3.8, 4) is 0 Å². The van der Waals surface area contributed by atoms with Gasteiger partial charge in [-0.1, -0.05) is 0 Å². The van der Waals surface area contributed by atoms with E-state index in [2.05, 4.69) is 36.1 Å². The van der Waals surface area contributed by atoms with Gasteiger partial charge in [-0.15, -0.1) is 0 Å². The number of piperazine rings is 1. The van der Waals surface area contributed by atoms with Gasteiger partial charge >= 0.3 is 0 Å². The third kappa shape index (κ3) is 3.03. The number of amides is 1. The van der Waals surface area contributed by atoms with Crippen molar-refractivity contribution < 1.29 is 4.79 Å². The molecule has 2 aliphatic heterocycles. The van der Waals surface area contributed by atoms with Crippen LogP contribution in [-0.4, -0.2) is 59.0 Å². The number of nitrogens with one attached hydrogen (secondary N) is 1. The first kappa shape index (κ1) is 14.7. The Kier molecular flexibility index (Phi) is 4.12. The number of hydrogen-bond donors (Lipinski definition) is 1. The molecule has 1 amide bonds. The van der Waals surface area contributed by atoms with Crippen LogP contribution in [-0.2, 0) is 4.79 Å². The maximum Gasteiger partial charge on any atom is 0.242 e. The summed E-state index contributed by atoms with van der Waals surface area (Å²) in [5, 5.41) is 3.34. The molecule has 2 saturated heterocycles. The van der Waals surface area contributed by atoms with Crippen molar-refractivity contribution in [1.29, 1.82) is 0 Å². The van der Waals surface area contributed by atoms with Crippen LogP contribution in [0.5, 0.6) is 0 Å². The molecule has 114 valence electrons. The third-order valence-electron chi connectivity index (χ3n) is 4.30. The first-order valence-electron chi connectivity index (χ1n) is 7.35. The van der Waals surface area contributed by atoms with E-state index in [0.29, 0.717) is 0 Å². The smallest absolute Gasteiger partial charge is 0.242 e. The second kappa shape index (κ2) is 5.88. The number of halogens is 1. The van der Waals surface area contributed by atoms with Crippen molar-refractivity contribution in [2.75, 3.05) is 37.6 Å². The number of carbonyl (C=O) groups is 1. The van der Waals surface area contributed by atoms with Gasteiger partial charge in [0.25, 0.3) is 0 Å². The molecule has 6 nitrogen and oxygen atoms in total. The molecule has 0 aromatic carbocycles. The van der Waals surface area contributed by atoms with Gasteiger partial charge in [0.15, 0.2) is 0 Å². The Bertz CT molecular complexity index is 507. The summed E-state index contributed by atoms with van der Waals surface area (Å²) in [5.74, 6) is 0.965. The number of hydrogen-bond acceptors (Lipinski definition) is 5. The molecule has 2 aliphatic rings. The standard InChI is InChI=1S/C14H20BrN5O/c1-14(3-2-4-18-14)12(21)19-5-7-20(8-6-19)13-16-9-11(15)10-17-13/h9-10,18H,2-8H2,1H3. The van der Waals surface area contributed by atoms with Gasteiger partial charge in [-0.05, 0) is 42.2 Å². The van der Waals surface area contributed by atoms with Crippen LogP contribution in [0.15, 0.2) is 16.9 Å². The Morgan fingerprint density at radius 2 is 1.95 bits per heavy atom. The monoisotopic (exact) mass is 353 g/mol. The molecule has 2 fully saturated rings. The Hall–Kier alpha value is -1.21. The second-order valence-electron chi connectivity index (χ2n) is 5.84. The fourth-order valence-electron chi connectivity index (χ4n) is 3.00. The van der Waals surface area contributed by atoms with Crippen LogP contribution in [0.1, 0.15) is 19.8 Å². The Morgan fingerprint density at radius 3 is 2.52 bits per heavy atom. The zero-order valence-corrected chi connectivity index (χ0v) is 13.8. The largest absolute Gasteiger partial charge is 0.338 e. The second-order valence-corrected chi connectivity index (χ2v) is 6.76. The SMILES string of the molecule is CC1(C(=O)N2CCN(c3ncc(Br)cn3)CC2)CCCN1. The van der Waals surface area contributed by atoms with E-state index in [0.717, 1.165) is 56.0 Å². The quantitative estimate of drug-likeness (QED) is 0.860. The molecule has 3 rings (SSSR count). The van der Waals surface area contributed by atoms with Gasteiger partial charge in [-0.3, -0.25) is 4.79 Å². The van der Waals surface area contributed by atoms with Crippen LogP contribution in [0.3, 0.4) is 0 Å². The predicted octanol–water partition coefficient (Wildman–Crippen LogP) is 1.03. The Labute approximate surface area is 133 Å². The van der Waals surface area contributed by atoms with Gasteiger partial charge in [0, 0.05) is 38.6 Å². The highest BCUT2D eigenvalue weighted by atomic mass is 79.9. The van der Waals surface area contributed by atoms with E-state index in [1.807, 2.05) is 11.8 Å². The molecule has 7 heteroatoms. The van der Waals surface area contributed by atoms with Crippen molar-refractivity contribution in [3.05, 3.63) is 16.9 Å². The first-order valence-corrected chi connectivity index (χ1v) is 8.15. The van der Waals surface area contributed by atoms with Gasteiger partial charge < -0.3 is 15.1 Å². The zero-order chi connectivity index (χ0) is 14.9. The molecule has 1 aromatic heterocycles. The molecule has 0 spiro atoms. The molecule has 21 heavy (non-hydrogen) atoms. The lowest BCUT2D eigenvalue weighted by molar-refractivity contribution is -0.137. The molecule has 0 saturated carbocycles. The summed E-state index contributed by atoms with van der Waals surface area (Å²) in [7, 11) is 0. The lowest BCUT2D eigenvalue weighted by atomic mass is 9.98.